The van der Waals surface area contributed by atoms with E-state index in [0.717, 1.165) is 50.4 Å². The third-order valence-corrected chi connectivity index (χ3v) is 7.03. The molecule has 4 radical (unpaired) electrons. The average Bonchev–Trinajstić information content (AvgIpc) is 2.93. The number of hydrogen-bond donors (Lipinski definition) is 0. The summed E-state index contributed by atoms with van der Waals surface area (Å²) in [6.45, 7) is 21.0. The number of unbranched alkanes of at least 4 members (excludes halogenated alkanes) is 18. The van der Waals surface area contributed by atoms with Crippen LogP contribution >= 0.6 is 0 Å². The largest absolute Gasteiger partial charge is 2.00 e. The van der Waals surface area contributed by atoms with Crippen molar-refractivity contribution in [2.75, 3.05) is 0 Å². The molecule has 0 saturated heterocycles. The van der Waals surface area contributed by atoms with E-state index in [0.29, 0.717) is 0 Å². The van der Waals surface area contributed by atoms with Crippen LogP contribution in [0.15, 0.2) is 0 Å². The summed E-state index contributed by atoms with van der Waals surface area (Å²) in [6.07, 6.45) is 30.0. The van der Waals surface area contributed by atoms with Gasteiger partial charge in [-0.3, -0.25) is 0 Å². The Morgan fingerprint density at radius 1 is 0.465 bits per heavy atom. The summed E-state index contributed by atoms with van der Waals surface area (Å²) in [5.41, 5.74) is 0. The van der Waals surface area contributed by atoms with Crippen LogP contribution in [0.25, 0.3) is 0 Å². The van der Waals surface area contributed by atoms with Crippen LogP contribution in [-0.2, 0) is 9.59 Å². The molecule has 5 heteroatoms. The Balaban J connectivity index is -0.000000152. The van der Waals surface area contributed by atoms with Crippen molar-refractivity contribution in [3.05, 3.63) is 13.8 Å². The molecule has 0 N–H and O–H groups in total. The zero-order valence-electron chi connectivity index (χ0n) is 30.1. The monoisotopic (exact) mass is 716 g/mol. The van der Waals surface area contributed by atoms with Gasteiger partial charge in [-0.2, -0.15) is 0 Å². The Morgan fingerprint density at radius 3 is 0.977 bits per heavy atom. The van der Waals surface area contributed by atoms with E-state index in [4.69, 9.17) is 0 Å². The first-order valence-corrected chi connectivity index (χ1v) is 18.1. The van der Waals surface area contributed by atoms with Crippen LogP contribution in [0.1, 0.15) is 208 Å². The number of carboxylic acid groups (broad SMARTS) is 2. The van der Waals surface area contributed by atoms with E-state index in [9.17, 15) is 19.8 Å². The minimum Gasteiger partial charge on any atom is -0.550 e. The van der Waals surface area contributed by atoms with Gasteiger partial charge in [0, 0.05) is 11.9 Å². The van der Waals surface area contributed by atoms with Crippen molar-refractivity contribution in [1.29, 1.82) is 0 Å². The topological polar surface area (TPSA) is 80.3 Å². The van der Waals surface area contributed by atoms with Crippen molar-refractivity contribution in [3.8, 4) is 0 Å². The number of aliphatic carboxylic acids is 2. The van der Waals surface area contributed by atoms with Gasteiger partial charge in [0.1, 0.15) is 0 Å². The van der Waals surface area contributed by atoms with E-state index in [1.54, 1.807) is 0 Å². The van der Waals surface area contributed by atoms with Crippen LogP contribution in [0.4, 0.5) is 0 Å². The van der Waals surface area contributed by atoms with Gasteiger partial charge in [-0.05, 0) is 37.5 Å². The van der Waals surface area contributed by atoms with E-state index in [1.165, 1.54) is 116 Å². The van der Waals surface area contributed by atoms with Crippen molar-refractivity contribution >= 4 is 35.8 Å². The van der Waals surface area contributed by atoms with Gasteiger partial charge in [-0.1, -0.05) is 197 Å². The summed E-state index contributed by atoms with van der Waals surface area (Å²) in [4.78, 5) is 20.1. The fourth-order valence-corrected chi connectivity index (χ4v) is 4.27. The molecule has 0 aromatic heterocycles. The SMILES string of the molecule is CC(C)CCCCCCCC(=O)[O-].CC(C)CCCCCCCC(=O)[O-].[CH2]CCCCCCC.[CH2]CCCCCCC.[Sn+2]. The van der Waals surface area contributed by atoms with Crippen molar-refractivity contribution in [2.24, 2.45) is 11.8 Å². The second-order valence-corrected chi connectivity index (χ2v) is 12.7. The minimum absolute atomic E-state index is 0. The molecule has 0 unspecified atom stereocenters. The third kappa shape index (κ3) is 74.5. The molecule has 0 atom stereocenters. The predicted molar refractivity (Wildman–Crippen MR) is 188 cm³/mol. The maximum atomic E-state index is 10.1. The van der Waals surface area contributed by atoms with E-state index < -0.39 is 11.9 Å². The van der Waals surface area contributed by atoms with Crippen molar-refractivity contribution in [2.45, 2.75) is 208 Å². The van der Waals surface area contributed by atoms with Crippen LogP contribution in [-0.4, -0.2) is 35.8 Å². The molecular formula is C38H76O4Sn. The Labute approximate surface area is 288 Å². The van der Waals surface area contributed by atoms with Crippen molar-refractivity contribution in [3.63, 3.8) is 0 Å². The second kappa shape index (κ2) is 48.6. The van der Waals surface area contributed by atoms with Crippen molar-refractivity contribution in [1.82, 2.24) is 0 Å². The van der Waals surface area contributed by atoms with Gasteiger partial charge in [0.05, 0.1) is 0 Å². The molecule has 0 rings (SSSR count). The van der Waals surface area contributed by atoms with Crippen LogP contribution < -0.4 is 10.2 Å². The number of rotatable bonds is 26. The maximum absolute atomic E-state index is 10.1. The summed E-state index contributed by atoms with van der Waals surface area (Å²) in [7, 11) is 0. The zero-order chi connectivity index (χ0) is 32.7. The summed E-state index contributed by atoms with van der Waals surface area (Å²) < 4.78 is 0. The van der Waals surface area contributed by atoms with Crippen LogP contribution in [0.3, 0.4) is 0 Å². The van der Waals surface area contributed by atoms with Gasteiger partial charge < -0.3 is 19.8 Å². The Hall–Kier alpha value is -0.261. The van der Waals surface area contributed by atoms with Gasteiger partial charge in [0.25, 0.3) is 0 Å². The molecule has 0 bridgehead atoms. The number of carboxylic acids is 2. The quantitative estimate of drug-likeness (QED) is 0.0660. The molecule has 0 heterocycles. The molecule has 0 amide bonds. The average molecular weight is 716 g/mol. The molecule has 43 heavy (non-hydrogen) atoms. The first kappa shape index (κ1) is 52.3. The molecule has 0 aliphatic carbocycles. The van der Waals surface area contributed by atoms with Gasteiger partial charge in [0.2, 0.25) is 0 Å². The van der Waals surface area contributed by atoms with Gasteiger partial charge >= 0.3 is 23.9 Å². The molecule has 4 nitrogen and oxygen atoms in total. The first-order valence-electron chi connectivity index (χ1n) is 18.1. The van der Waals surface area contributed by atoms with Crippen molar-refractivity contribution < 1.29 is 19.8 Å². The van der Waals surface area contributed by atoms with Gasteiger partial charge in [0.15, 0.2) is 0 Å². The summed E-state index contributed by atoms with van der Waals surface area (Å²) in [6, 6.07) is 0. The standard InChI is InChI=1S/2C11H22O2.2C8H17.Sn/c2*1-10(2)8-6-4-3-5-7-9-11(12)13;2*1-3-5-7-8-6-4-2;/h2*10H,3-9H2,1-2H3,(H,12,13);2*1,3-8H2,2H3;/q;;;;+2/p-2. The predicted octanol–water partition coefficient (Wildman–Crippen LogP) is 10.2. The molecule has 0 aromatic rings. The fourth-order valence-electron chi connectivity index (χ4n) is 4.27. The molecule has 0 aliphatic heterocycles. The van der Waals surface area contributed by atoms with E-state index in [-0.39, 0.29) is 36.7 Å². The number of carbonyl (C=O) groups is 2. The Morgan fingerprint density at radius 2 is 0.721 bits per heavy atom. The second-order valence-electron chi connectivity index (χ2n) is 12.7. The molecular weight excluding hydrogens is 639 g/mol. The van der Waals surface area contributed by atoms with Crippen LogP contribution in [0.5, 0.6) is 0 Å². The zero-order valence-corrected chi connectivity index (χ0v) is 32.9. The van der Waals surface area contributed by atoms with E-state index in [1.807, 2.05) is 0 Å². The Kier molecular flexibility index (Phi) is 59.1. The minimum atomic E-state index is -0.915. The fraction of sp³-hybridized carbons (Fsp3) is 0.895. The normalized spacial score (nSPS) is 10.1. The Bertz CT molecular complexity index is 438. The van der Waals surface area contributed by atoms with Gasteiger partial charge in [-0.15, -0.1) is 0 Å². The van der Waals surface area contributed by atoms with E-state index >= 15 is 0 Å². The summed E-state index contributed by atoms with van der Waals surface area (Å²) in [5.74, 6) is -0.240. The molecule has 0 aromatic carbocycles. The molecule has 0 aliphatic rings. The number of carbonyl (C=O) groups excluding carboxylic acids is 2. The smallest absolute Gasteiger partial charge is 0.550 e. The molecule has 256 valence electrons. The molecule has 0 spiro atoms. The first-order chi connectivity index (χ1) is 20.1. The summed E-state index contributed by atoms with van der Waals surface area (Å²) in [5, 5.41) is 20.1. The van der Waals surface area contributed by atoms with Gasteiger partial charge in [-0.25, -0.2) is 0 Å². The van der Waals surface area contributed by atoms with Crippen LogP contribution in [0, 0.1) is 25.7 Å². The maximum Gasteiger partial charge on any atom is 2.00 e. The third-order valence-electron chi connectivity index (χ3n) is 7.03. The van der Waals surface area contributed by atoms with Crippen LogP contribution in [0.2, 0.25) is 0 Å². The molecule has 0 fully saturated rings. The van der Waals surface area contributed by atoms with E-state index in [2.05, 4.69) is 55.4 Å². The number of hydrogen-bond acceptors (Lipinski definition) is 4. The summed E-state index contributed by atoms with van der Waals surface area (Å²) >= 11 is 0. The molecule has 0 saturated carbocycles.